The molecule has 1 aliphatic carbocycles. The van der Waals surface area contributed by atoms with Gasteiger partial charge in [0.2, 0.25) is 0 Å². The lowest BCUT2D eigenvalue weighted by Crippen LogP contribution is -2.34. The number of carboxylic acid groups (broad SMARTS) is 1. The molecule has 17 heavy (non-hydrogen) atoms. The van der Waals surface area contributed by atoms with E-state index in [4.69, 9.17) is 20.3 Å². The average Bonchev–Trinajstić information content (AvgIpc) is 3.02. The molecule has 1 saturated carbocycles. The Morgan fingerprint density at radius 3 is 2.65 bits per heavy atom. The second-order valence-electron chi connectivity index (χ2n) is 4.21. The molecule has 5 heteroatoms. The van der Waals surface area contributed by atoms with Gasteiger partial charge in [-0.1, -0.05) is 6.07 Å². The molecule has 0 heterocycles. The summed E-state index contributed by atoms with van der Waals surface area (Å²) in [7, 11) is 3.11. The minimum atomic E-state index is -1.15. The zero-order valence-corrected chi connectivity index (χ0v) is 9.77. The van der Waals surface area contributed by atoms with Crippen molar-refractivity contribution in [1.82, 2.24) is 0 Å². The van der Waals surface area contributed by atoms with Crippen LogP contribution in [0.1, 0.15) is 17.9 Å². The minimum absolute atomic E-state index is 0.194. The summed E-state index contributed by atoms with van der Waals surface area (Å²) in [5.41, 5.74) is 5.44. The smallest absolute Gasteiger partial charge is 0.324 e. The highest BCUT2D eigenvalue weighted by Gasteiger charge is 2.59. The van der Waals surface area contributed by atoms with Crippen molar-refractivity contribution in [2.24, 2.45) is 5.73 Å². The maximum Gasteiger partial charge on any atom is 0.324 e. The fraction of sp³-hybridized carbons (Fsp3) is 0.417. The van der Waals surface area contributed by atoms with Crippen LogP contribution in [-0.4, -0.2) is 30.8 Å². The number of hydrogen-bond acceptors (Lipinski definition) is 4. The summed E-state index contributed by atoms with van der Waals surface area (Å²) in [6, 6.07) is 5.31. The van der Waals surface area contributed by atoms with Crippen molar-refractivity contribution < 1.29 is 19.4 Å². The van der Waals surface area contributed by atoms with E-state index in [1.54, 1.807) is 32.4 Å². The molecule has 1 aromatic carbocycles. The van der Waals surface area contributed by atoms with Gasteiger partial charge in [0.05, 0.1) is 14.2 Å². The third-order valence-corrected chi connectivity index (χ3v) is 3.22. The molecule has 1 fully saturated rings. The van der Waals surface area contributed by atoms with Crippen molar-refractivity contribution in [1.29, 1.82) is 0 Å². The van der Waals surface area contributed by atoms with Gasteiger partial charge in [-0.3, -0.25) is 4.79 Å². The number of ether oxygens (including phenoxy) is 2. The van der Waals surface area contributed by atoms with Crippen LogP contribution in [0.15, 0.2) is 18.2 Å². The first-order valence-corrected chi connectivity index (χ1v) is 5.27. The van der Waals surface area contributed by atoms with Gasteiger partial charge in [0.15, 0.2) is 0 Å². The molecule has 2 atom stereocenters. The number of hydrogen-bond donors (Lipinski definition) is 2. The molecular formula is C12H15NO4. The molecule has 3 N–H and O–H groups in total. The van der Waals surface area contributed by atoms with E-state index < -0.39 is 11.5 Å². The third-order valence-electron chi connectivity index (χ3n) is 3.22. The largest absolute Gasteiger partial charge is 0.497 e. The molecular weight excluding hydrogens is 222 g/mol. The molecule has 0 bridgehead atoms. The number of methoxy groups -OCH3 is 2. The van der Waals surface area contributed by atoms with E-state index in [1.807, 2.05) is 0 Å². The van der Waals surface area contributed by atoms with Crippen LogP contribution in [0.5, 0.6) is 11.5 Å². The molecule has 0 amide bonds. The second kappa shape index (κ2) is 3.92. The van der Waals surface area contributed by atoms with Crippen LogP contribution < -0.4 is 15.2 Å². The molecule has 0 aromatic heterocycles. The Hall–Kier alpha value is -1.75. The predicted octanol–water partition coefficient (Wildman–Crippen LogP) is 0.973. The molecule has 0 spiro atoms. The summed E-state index contributed by atoms with van der Waals surface area (Å²) >= 11 is 0. The van der Waals surface area contributed by atoms with Crippen molar-refractivity contribution in [2.45, 2.75) is 17.9 Å². The lowest BCUT2D eigenvalue weighted by atomic mass is 10.1. The van der Waals surface area contributed by atoms with Crippen LogP contribution in [0.2, 0.25) is 0 Å². The van der Waals surface area contributed by atoms with Crippen LogP contribution in [-0.2, 0) is 4.79 Å². The molecule has 0 radical (unpaired) electrons. The first-order valence-electron chi connectivity index (χ1n) is 5.27. The normalized spacial score (nSPS) is 26.4. The standard InChI is InChI=1S/C12H15NO4/c1-16-7-3-4-8(10(5-7)17-2)9-6-12(9,13)11(14)15/h3-5,9H,6,13H2,1-2H3,(H,14,15)/t9-,12-/m1/s1. The number of nitrogens with two attached hydrogens (primary N) is 1. The second-order valence-corrected chi connectivity index (χ2v) is 4.21. The molecule has 92 valence electrons. The first kappa shape index (κ1) is 11.7. The van der Waals surface area contributed by atoms with E-state index in [1.165, 1.54) is 0 Å². The van der Waals surface area contributed by atoms with Gasteiger partial charge in [0.25, 0.3) is 0 Å². The van der Waals surface area contributed by atoms with Gasteiger partial charge >= 0.3 is 5.97 Å². The number of carbonyl (C=O) groups is 1. The fourth-order valence-corrected chi connectivity index (χ4v) is 2.01. The van der Waals surface area contributed by atoms with Crippen molar-refractivity contribution in [2.75, 3.05) is 14.2 Å². The Balaban J connectivity index is 2.32. The molecule has 0 unspecified atom stereocenters. The predicted molar refractivity (Wildman–Crippen MR) is 61.5 cm³/mol. The SMILES string of the molecule is COc1ccc([C@H]2C[C@]2(N)C(=O)O)c(OC)c1. The van der Waals surface area contributed by atoms with Gasteiger partial charge in [-0.2, -0.15) is 0 Å². The number of carboxylic acids is 1. The van der Waals surface area contributed by atoms with Crippen LogP contribution in [0.25, 0.3) is 0 Å². The van der Waals surface area contributed by atoms with Crippen LogP contribution in [0.3, 0.4) is 0 Å². The lowest BCUT2D eigenvalue weighted by Gasteiger charge is -2.11. The van der Waals surface area contributed by atoms with Gasteiger partial charge in [0.1, 0.15) is 17.0 Å². The number of rotatable bonds is 4. The fourth-order valence-electron chi connectivity index (χ4n) is 2.01. The summed E-state index contributed by atoms with van der Waals surface area (Å²) in [5, 5.41) is 9.02. The Kier molecular flexibility index (Phi) is 2.71. The van der Waals surface area contributed by atoms with Crippen LogP contribution in [0, 0.1) is 0 Å². The van der Waals surface area contributed by atoms with Gasteiger partial charge in [-0.25, -0.2) is 0 Å². The Morgan fingerprint density at radius 2 is 2.18 bits per heavy atom. The maximum atomic E-state index is 11.0. The third kappa shape index (κ3) is 1.82. The highest BCUT2D eigenvalue weighted by molar-refractivity contribution is 5.85. The van der Waals surface area contributed by atoms with Gasteiger partial charge in [0, 0.05) is 12.0 Å². The summed E-state index contributed by atoms with van der Waals surface area (Å²) in [4.78, 5) is 11.0. The van der Waals surface area contributed by atoms with E-state index in [0.717, 1.165) is 5.56 Å². The van der Waals surface area contributed by atoms with Crippen molar-refractivity contribution in [3.63, 3.8) is 0 Å². The van der Waals surface area contributed by atoms with E-state index >= 15 is 0 Å². The van der Waals surface area contributed by atoms with E-state index in [0.29, 0.717) is 17.9 Å². The molecule has 0 aliphatic heterocycles. The van der Waals surface area contributed by atoms with Crippen molar-refractivity contribution in [3.8, 4) is 11.5 Å². The number of aliphatic carboxylic acids is 1. The summed E-state index contributed by atoms with van der Waals surface area (Å²) in [5.74, 6) is 0.119. The first-order chi connectivity index (χ1) is 8.02. The molecule has 2 rings (SSSR count). The van der Waals surface area contributed by atoms with E-state index in [9.17, 15) is 4.79 Å². The monoisotopic (exact) mass is 237 g/mol. The van der Waals surface area contributed by atoms with Crippen LogP contribution in [0.4, 0.5) is 0 Å². The summed E-state index contributed by atoms with van der Waals surface area (Å²) < 4.78 is 10.3. The Labute approximate surface area is 99.1 Å². The van der Waals surface area contributed by atoms with Gasteiger partial charge in [-0.05, 0) is 18.1 Å². The molecule has 1 aromatic rings. The highest BCUT2D eigenvalue weighted by atomic mass is 16.5. The average molecular weight is 237 g/mol. The summed E-state index contributed by atoms with van der Waals surface area (Å²) in [6.07, 6.45) is 0.436. The van der Waals surface area contributed by atoms with Gasteiger partial charge in [-0.15, -0.1) is 0 Å². The highest BCUT2D eigenvalue weighted by Crippen LogP contribution is 2.52. The quantitative estimate of drug-likeness (QED) is 0.815. The maximum absolute atomic E-state index is 11.0. The van der Waals surface area contributed by atoms with Crippen molar-refractivity contribution >= 4 is 5.97 Å². The van der Waals surface area contributed by atoms with Crippen LogP contribution >= 0.6 is 0 Å². The zero-order chi connectivity index (χ0) is 12.6. The molecule has 5 nitrogen and oxygen atoms in total. The Bertz CT molecular complexity index is 460. The minimum Gasteiger partial charge on any atom is -0.497 e. The van der Waals surface area contributed by atoms with Gasteiger partial charge < -0.3 is 20.3 Å². The topological polar surface area (TPSA) is 81.8 Å². The molecule has 1 aliphatic rings. The zero-order valence-electron chi connectivity index (χ0n) is 9.77. The Morgan fingerprint density at radius 1 is 1.47 bits per heavy atom. The van der Waals surface area contributed by atoms with E-state index in [-0.39, 0.29) is 5.92 Å². The molecule has 0 saturated heterocycles. The number of benzene rings is 1. The van der Waals surface area contributed by atoms with Crippen molar-refractivity contribution in [3.05, 3.63) is 23.8 Å². The summed E-state index contributed by atoms with van der Waals surface area (Å²) in [6.45, 7) is 0. The van der Waals surface area contributed by atoms with E-state index in [2.05, 4.69) is 0 Å². The lowest BCUT2D eigenvalue weighted by molar-refractivity contribution is -0.139.